The van der Waals surface area contributed by atoms with Gasteiger partial charge in [0.25, 0.3) is 0 Å². The number of carbonyl (C=O) groups is 1. The number of carbonyl (C=O) groups excluding carboxylic acids is 1. The number of nitrogens with zero attached hydrogens (tertiary/aromatic N) is 4. The molecule has 2 unspecified atom stereocenters. The van der Waals surface area contributed by atoms with Crippen LogP contribution in [0.5, 0.6) is 0 Å². The van der Waals surface area contributed by atoms with E-state index in [-0.39, 0.29) is 24.3 Å². The molecule has 124 valence electrons. The van der Waals surface area contributed by atoms with Gasteiger partial charge in [-0.2, -0.15) is 5.10 Å². The standard InChI is InChI=1S/C16H23N5O2/c1-10(2)21-15-13(6-18-21)5-14(7-17-15)19-16(22)20-8-11(3)23-12(4)9-20/h5-7,10-12H,8-9H2,1-4H3,(H,19,22). The smallest absolute Gasteiger partial charge is 0.322 e. The predicted octanol–water partition coefficient (Wildman–Crippen LogP) is 2.65. The average molecular weight is 317 g/mol. The van der Waals surface area contributed by atoms with Gasteiger partial charge in [0.1, 0.15) is 0 Å². The summed E-state index contributed by atoms with van der Waals surface area (Å²) in [6.07, 6.45) is 3.55. The van der Waals surface area contributed by atoms with Crippen LogP contribution in [0.25, 0.3) is 11.0 Å². The Bertz CT molecular complexity index is 702. The van der Waals surface area contributed by atoms with Gasteiger partial charge in [0.15, 0.2) is 5.65 Å². The highest BCUT2D eigenvalue weighted by Gasteiger charge is 2.26. The molecule has 2 aromatic rings. The van der Waals surface area contributed by atoms with Crippen molar-refractivity contribution in [2.45, 2.75) is 45.9 Å². The maximum atomic E-state index is 12.4. The van der Waals surface area contributed by atoms with Crippen LogP contribution in [0.1, 0.15) is 33.7 Å². The Hall–Kier alpha value is -2.15. The number of morpholine rings is 1. The Morgan fingerprint density at radius 2 is 2.00 bits per heavy atom. The molecular weight excluding hydrogens is 294 g/mol. The molecule has 0 aromatic carbocycles. The summed E-state index contributed by atoms with van der Waals surface area (Å²) in [5.74, 6) is 0. The molecule has 3 heterocycles. The quantitative estimate of drug-likeness (QED) is 0.924. The molecule has 1 saturated heterocycles. The van der Waals surface area contributed by atoms with E-state index in [1.165, 1.54) is 0 Å². The lowest BCUT2D eigenvalue weighted by Gasteiger charge is -2.35. The molecule has 1 aliphatic rings. The molecule has 1 fully saturated rings. The Balaban J connectivity index is 1.75. The van der Waals surface area contributed by atoms with Gasteiger partial charge >= 0.3 is 6.03 Å². The lowest BCUT2D eigenvalue weighted by Crippen LogP contribution is -2.49. The van der Waals surface area contributed by atoms with E-state index in [0.29, 0.717) is 18.8 Å². The zero-order valence-corrected chi connectivity index (χ0v) is 14.0. The van der Waals surface area contributed by atoms with Crippen molar-refractivity contribution in [2.75, 3.05) is 18.4 Å². The third-order valence-electron chi connectivity index (χ3n) is 3.88. The minimum Gasteiger partial charge on any atom is -0.372 e. The summed E-state index contributed by atoms with van der Waals surface area (Å²) in [5, 5.41) is 8.17. The van der Waals surface area contributed by atoms with Crippen molar-refractivity contribution in [1.82, 2.24) is 19.7 Å². The molecule has 0 aliphatic carbocycles. The third kappa shape index (κ3) is 3.29. The van der Waals surface area contributed by atoms with Gasteiger partial charge in [-0.05, 0) is 33.8 Å². The van der Waals surface area contributed by atoms with Gasteiger partial charge < -0.3 is 15.0 Å². The van der Waals surface area contributed by atoms with Gasteiger partial charge in [0, 0.05) is 24.5 Å². The molecule has 0 bridgehead atoms. The second-order valence-corrected chi connectivity index (χ2v) is 6.41. The van der Waals surface area contributed by atoms with E-state index in [1.54, 1.807) is 17.3 Å². The Morgan fingerprint density at radius 1 is 1.30 bits per heavy atom. The Morgan fingerprint density at radius 3 is 2.65 bits per heavy atom. The van der Waals surface area contributed by atoms with Gasteiger partial charge in [-0.3, -0.25) is 0 Å². The average Bonchev–Trinajstić information content (AvgIpc) is 2.89. The van der Waals surface area contributed by atoms with Crippen LogP contribution in [0.2, 0.25) is 0 Å². The molecule has 0 saturated carbocycles. The third-order valence-corrected chi connectivity index (χ3v) is 3.88. The minimum absolute atomic E-state index is 0.0504. The van der Waals surface area contributed by atoms with Gasteiger partial charge in [0.2, 0.25) is 0 Å². The second kappa shape index (κ2) is 6.16. The number of rotatable bonds is 2. The highest BCUT2D eigenvalue weighted by Crippen LogP contribution is 2.20. The maximum absolute atomic E-state index is 12.4. The lowest BCUT2D eigenvalue weighted by atomic mass is 10.2. The van der Waals surface area contributed by atoms with E-state index in [2.05, 4.69) is 29.2 Å². The van der Waals surface area contributed by atoms with E-state index in [0.717, 1.165) is 11.0 Å². The molecule has 2 aromatic heterocycles. The Labute approximate surface area is 135 Å². The maximum Gasteiger partial charge on any atom is 0.322 e. The zero-order chi connectivity index (χ0) is 16.6. The van der Waals surface area contributed by atoms with Crippen LogP contribution in [0.4, 0.5) is 10.5 Å². The summed E-state index contributed by atoms with van der Waals surface area (Å²) in [7, 11) is 0. The number of pyridine rings is 1. The molecule has 23 heavy (non-hydrogen) atoms. The van der Waals surface area contributed by atoms with E-state index in [1.807, 2.05) is 24.6 Å². The number of nitrogens with one attached hydrogen (secondary N) is 1. The fourth-order valence-electron chi connectivity index (χ4n) is 2.93. The van der Waals surface area contributed by atoms with Crippen molar-refractivity contribution in [2.24, 2.45) is 0 Å². The monoisotopic (exact) mass is 317 g/mol. The van der Waals surface area contributed by atoms with Crippen molar-refractivity contribution < 1.29 is 9.53 Å². The number of aromatic nitrogens is 3. The van der Waals surface area contributed by atoms with Crippen molar-refractivity contribution in [3.63, 3.8) is 0 Å². The summed E-state index contributed by atoms with van der Waals surface area (Å²) < 4.78 is 7.52. The molecule has 0 spiro atoms. The molecular formula is C16H23N5O2. The van der Waals surface area contributed by atoms with Crippen molar-refractivity contribution in [3.05, 3.63) is 18.5 Å². The lowest BCUT2D eigenvalue weighted by molar-refractivity contribution is -0.0530. The van der Waals surface area contributed by atoms with Crippen LogP contribution in [-0.2, 0) is 4.74 Å². The molecule has 1 aliphatic heterocycles. The minimum atomic E-state index is -0.121. The van der Waals surface area contributed by atoms with Crippen molar-refractivity contribution in [3.8, 4) is 0 Å². The highest BCUT2D eigenvalue weighted by molar-refractivity contribution is 5.91. The number of hydrogen-bond acceptors (Lipinski definition) is 4. The molecule has 0 radical (unpaired) electrons. The van der Waals surface area contributed by atoms with Gasteiger partial charge in [0.05, 0.1) is 30.3 Å². The molecule has 2 amide bonds. The van der Waals surface area contributed by atoms with Crippen LogP contribution in [0.15, 0.2) is 18.5 Å². The van der Waals surface area contributed by atoms with E-state index >= 15 is 0 Å². The normalized spacial score (nSPS) is 21.9. The number of amides is 2. The van der Waals surface area contributed by atoms with Crippen molar-refractivity contribution >= 4 is 22.8 Å². The van der Waals surface area contributed by atoms with Gasteiger partial charge in [-0.25, -0.2) is 14.5 Å². The zero-order valence-electron chi connectivity index (χ0n) is 14.0. The van der Waals surface area contributed by atoms with Crippen LogP contribution in [0.3, 0.4) is 0 Å². The number of ether oxygens (including phenoxy) is 1. The highest BCUT2D eigenvalue weighted by atomic mass is 16.5. The summed E-state index contributed by atoms with van der Waals surface area (Å²) in [5.41, 5.74) is 1.50. The fraction of sp³-hybridized carbons (Fsp3) is 0.562. The summed E-state index contributed by atoms with van der Waals surface area (Å²) in [6, 6.07) is 2.03. The van der Waals surface area contributed by atoms with Crippen LogP contribution in [-0.4, -0.2) is 51.0 Å². The first-order chi connectivity index (χ1) is 10.9. The first-order valence-corrected chi connectivity index (χ1v) is 7.98. The number of anilines is 1. The SMILES string of the molecule is CC1CN(C(=O)Nc2cnc3c(cnn3C(C)C)c2)CC(C)O1. The molecule has 7 heteroatoms. The molecule has 2 atom stereocenters. The number of hydrogen-bond donors (Lipinski definition) is 1. The second-order valence-electron chi connectivity index (χ2n) is 6.41. The van der Waals surface area contributed by atoms with E-state index in [9.17, 15) is 4.79 Å². The van der Waals surface area contributed by atoms with Crippen LogP contribution < -0.4 is 5.32 Å². The summed E-state index contributed by atoms with van der Waals surface area (Å²) in [6.45, 7) is 9.26. The topological polar surface area (TPSA) is 72.3 Å². The molecule has 3 rings (SSSR count). The molecule has 1 N–H and O–H groups in total. The van der Waals surface area contributed by atoms with Crippen LogP contribution >= 0.6 is 0 Å². The van der Waals surface area contributed by atoms with E-state index < -0.39 is 0 Å². The summed E-state index contributed by atoms with van der Waals surface area (Å²) >= 11 is 0. The van der Waals surface area contributed by atoms with E-state index in [4.69, 9.17) is 4.74 Å². The van der Waals surface area contributed by atoms with Crippen LogP contribution in [0, 0.1) is 0 Å². The summed E-state index contributed by atoms with van der Waals surface area (Å²) in [4.78, 5) is 18.6. The largest absolute Gasteiger partial charge is 0.372 e. The predicted molar refractivity (Wildman–Crippen MR) is 88.5 cm³/mol. The number of fused-ring (bicyclic) bond motifs is 1. The first-order valence-electron chi connectivity index (χ1n) is 7.98. The van der Waals surface area contributed by atoms with Gasteiger partial charge in [-0.15, -0.1) is 0 Å². The van der Waals surface area contributed by atoms with Gasteiger partial charge in [-0.1, -0.05) is 0 Å². The fourth-order valence-corrected chi connectivity index (χ4v) is 2.93. The molecule has 7 nitrogen and oxygen atoms in total. The number of urea groups is 1. The first kappa shape index (κ1) is 15.7. The Kier molecular flexibility index (Phi) is 4.21. The van der Waals surface area contributed by atoms with Crippen molar-refractivity contribution in [1.29, 1.82) is 0 Å².